The molecule has 0 radical (unpaired) electrons. The van der Waals surface area contributed by atoms with Crippen molar-refractivity contribution < 1.29 is 9.84 Å². The van der Waals surface area contributed by atoms with E-state index in [-0.39, 0.29) is 11.7 Å². The first-order chi connectivity index (χ1) is 15.8. The number of nitrogens with zero attached hydrogens (tertiary/aromatic N) is 1. The lowest BCUT2D eigenvalue weighted by molar-refractivity contribution is -0.0643. The highest BCUT2D eigenvalue weighted by Crippen LogP contribution is 2.65. The molecule has 10 atom stereocenters. The number of allylic oxidation sites excluding steroid dienone is 2. The van der Waals surface area contributed by atoms with Crippen LogP contribution < -0.4 is 0 Å². The smallest absolute Gasteiger partial charge is 0.0937 e. The van der Waals surface area contributed by atoms with Crippen molar-refractivity contribution in [2.24, 2.45) is 35.0 Å². The molecule has 4 heteroatoms. The number of hydrogen-bond acceptors (Lipinski definition) is 3. The third-order valence-electron chi connectivity index (χ3n) is 11.5. The molecule has 6 aliphatic rings. The van der Waals surface area contributed by atoms with E-state index in [1.807, 2.05) is 0 Å². The Morgan fingerprint density at radius 1 is 1.21 bits per heavy atom. The van der Waals surface area contributed by atoms with Crippen molar-refractivity contribution >= 4 is 11.6 Å². The maximum absolute atomic E-state index is 10.3. The zero-order chi connectivity index (χ0) is 23.1. The monoisotopic (exact) mass is 473 g/mol. The van der Waals surface area contributed by atoms with Gasteiger partial charge in [0.05, 0.1) is 17.8 Å². The molecule has 4 unspecified atom stereocenters. The van der Waals surface area contributed by atoms with Crippen LogP contribution in [0.5, 0.6) is 0 Å². The standard InChI is InChI=1S/C29H44ClNO2/c1-17-13-26-27(31(16-17)12-11-30)19(3)29(33-26)10-8-22-23-6-5-20-14-21(32)7-9-28(20,4)25(23)15-24(22)18(29)2/h5,17,19,21-23,25-27,32H,6-16H2,1-4H3/t17?,19-,21+,22+,23?,25+,26-,27+,28?,29?/m1/s1. The van der Waals surface area contributed by atoms with E-state index in [0.717, 1.165) is 43.6 Å². The summed E-state index contributed by atoms with van der Waals surface area (Å²) in [5.41, 5.74) is 5.16. The number of piperidine rings is 1. The van der Waals surface area contributed by atoms with Gasteiger partial charge < -0.3 is 9.84 Å². The molecule has 2 heterocycles. The highest BCUT2D eigenvalue weighted by atomic mass is 35.5. The largest absolute Gasteiger partial charge is 0.393 e. The molecule has 2 aliphatic heterocycles. The Labute approximate surface area is 206 Å². The number of alkyl halides is 1. The highest BCUT2D eigenvalue weighted by Gasteiger charge is 2.61. The van der Waals surface area contributed by atoms with Crippen LogP contribution in [0.2, 0.25) is 0 Å². The maximum atomic E-state index is 10.3. The maximum Gasteiger partial charge on any atom is 0.0937 e. The molecule has 2 saturated heterocycles. The molecule has 0 aromatic carbocycles. The Kier molecular flexibility index (Phi) is 5.65. The van der Waals surface area contributed by atoms with Crippen LogP contribution >= 0.6 is 11.6 Å². The molecule has 184 valence electrons. The van der Waals surface area contributed by atoms with Crippen molar-refractivity contribution in [1.82, 2.24) is 4.90 Å². The molecule has 4 fully saturated rings. The van der Waals surface area contributed by atoms with Gasteiger partial charge in [-0.2, -0.15) is 0 Å². The van der Waals surface area contributed by atoms with E-state index in [0.29, 0.717) is 35.3 Å². The van der Waals surface area contributed by atoms with Gasteiger partial charge in [-0.1, -0.05) is 38.0 Å². The fraction of sp³-hybridized carbons (Fsp3) is 0.862. The summed E-state index contributed by atoms with van der Waals surface area (Å²) < 4.78 is 7.18. The second-order valence-electron chi connectivity index (χ2n) is 12.9. The van der Waals surface area contributed by atoms with Gasteiger partial charge in [0.15, 0.2) is 0 Å². The van der Waals surface area contributed by atoms with Crippen LogP contribution in [-0.4, -0.2) is 52.8 Å². The van der Waals surface area contributed by atoms with Crippen molar-refractivity contribution in [3.05, 3.63) is 22.8 Å². The lowest BCUT2D eigenvalue weighted by Gasteiger charge is -2.49. The third kappa shape index (κ3) is 3.24. The summed E-state index contributed by atoms with van der Waals surface area (Å²) in [5, 5.41) is 10.3. The molecule has 0 amide bonds. The quantitative estimate of drug-likeness (QED) is 0.397. The van der Waals surface area contributed by atoms with E-state index in [2.05, 4.69) is 38.7 Å². The summed E-state index contributed by atoms with van der Waals surface area (Å²) >= 11 is 6.24. The second-order valence-corrected chi connectivity index (χ2v) is 13.3. The number of aliphatic hydroxyl groups is 1. The fourth-order valence-corrected chi connectivity index (χ4v) is 10.0. The normalized spacial score (nSPS) is 51.8. The third-order valence-corrected chi connectivity index (χ3v) is 11.6. The minimum Gasteiger partial charge on any atom is -0.393 e. The van der Waals surface area contributed by atoms with Gasteiger partial charge in [-0.05, 0) is 93.0 Å². The van der Waals surface area contributed by atoms with E-state index in [9.17, 15) is 5.11 Å². The van der Waals surface area contributed by atoms with Gasteiger partial charge in [-0.3, -0.25) is 4.90 Å². The van der Waals surface area contributed by atoms with Crippen molar-refractivity contribution in [2.45, 2.75) is 103 Å². The van der Waals surface area contributed by atoms with Gasteiger partial charge in [0.2, 0.25) is 0 Å². The molecule has 33 heavy (non-hydrogen) atoms. The summed E-state index contributed by atoms with van der Waals surface area (Å²) in [5.74, 6) is 4.22. The molecule has 0 bridgehead atoms. The summed E-state index contributed by atoms with van der Waals surface area (Å²) in [6.45, 7) is 12.0. The summed E-state index contributed by atoms with van der Waals surface area (Å²) in [7, 11) is 0. The predicted octanol–water partition coefficient (Wildman–Crippen LogP) is 5.95. The fourth-order valence-electron chi connectivity index (χ4n) is 9.83. The van der Waals surface area contributed by atoms with Crippen molar-refractivity contribution in [3.63, 3.8) is 0 Å². The highest BCUT2D eigenvalue weighted by molar-refractivity contribution is 6.18. The van der Waals surface area contributed by atoms with Crippen LogP contribution in [0.25, 0.3) is 0 Å². The molecular formula is C29H44ClNO2. The summed E-state index contributed by atoms with van der Waals surface area (Å²) in [6, 6.07) is 0.515. The number of likely N-dealkylation sites (tertiary alicyclic amines) is 1. The van der Waals surface area contributed by atoms with Gasteiger partial charge in [0, 0.05) is 30.9 Å². The summed E-state index contributed by atoms with van der Waals surface area (Å²) in [6.07, 6.45) is 12.0. The first-order valence-corrected chi connectivity index (χ1v) is 14.4. The van der Waals surface area contributed by atoms with Gasteiger partial charge in [-0.25, -0.2) is 0 Å². The van der Waals surface area contributed by atoms with Crippen LogP contribution in [-0.2, 0) is 4.74 Å². The van der Waals surface area contributed by atoms with E-state index in [4.69, 9.17) is 16.3 Å². The average molecular weight is 474 g/mol. The van der Waals surface area contributed by atoms with E-state index in [1.54, 1.807) is 16.7 Å². The number of fused-ring (bicyclic) bond motifs is 6. The average Bonchev–Trinajstić information content (AvgIpc) is 3.29. The SMILES string of the molecule is CC1=C2C[C@H]3C(CC=C4C[C@@H](O)CCC43C)[C@@H]2CCC12O[C@@H]1CC(C)CN(CCCl)[C@H]1[C@H]2C. The Morgan fingerprint density at radius 2 is 2.03 bits per heavy atom. The Bertz CT molecular complexity index is 868. The van der Waals surface area contributed by atoms with Gasteiger partial charge in [-0.15, -0.1) is 11.6 Å². The molecular weight excluding hydrogens is 430 g/mol. The van der Waals surface area contributed by atoms with Gasteiger partial charge >= 0.3 is 0 Å². The van der Waals surface area contributed by atoms with Crippen LogP contribution in [0.3, 0.4) is 0 Å². The number of ether oxygens (including phenoxy) is 1. The van der Waals surface area contributed by atoms with Crippen molar-refractivity contribution in [1.29, 1.82) is 0 Å². The lowest BCUT2D eigenvalue weighted by Crippen LogP contribution is -2.52. The molecule has 0 aromatic rings. The molecule has 2 saturated carbocycles. The zero-order valence-electron chi connectivity index (χ0n) is 21.2. The predicted molar refractivity (Wildman–Crippen MR) is 134 cm³/mol. The minimum absolute atomic E-state index is 0.0663. The number of rotatable bonds is 2. The van der Waals surface area contributed by atoms with Crippen LogP contribution in [0.1, 0.15) is 79.1 Å². The minimum atomic E-state index is -0.122. The van der Waals surface area contributed by atoms with Crippen LogP contribution in [0.15, 0.2) is 22.8 Å². The van der Waals surface area contributed by atoms with Gasteiger partial charge in [0.25, 0.3) is 0 Å². The van der Waals surface area contributed by atoms with Crippen molar-refractivity contribution in [3.8, 4) is 0 Å². The molecule has 6 rings (SSSR count). The molecule has 4 aliphatic carbocycles. The van der Waals surface area contributed by atoms with E-state index in [1.165, 1.54) is 38.6 Å². The Morgan fingerprint density at radius 3 is 2.82 bits per heavy atom. The van der Waals surface area contributed by atoms with Crippen LogP contribution in [0.4, 0.5) is 0 Å². The number of halogens is 1. The number of hydrogen-bond donors (Lipinski definition) is 1. The first-order valence-electron chi connectivity index (χ1n) is 13.8. The zero-order valence-corrected chi connectivity index (χ0v) is 21.9. The number of aliphatic hydroxyl groups excluding tert-OH is 1. The van der Waals surface area contributed by atoms with Crippen LogP contribution in [0, 0.1) is 35.0 Å². The van der Waals surface area contributed by atoms with Crippen molar-refractivity contribution in [2.75, 3.05) is 19.0 Å². The lowest BCUT2D eigenvalue weighted by atomic mass is 9.56. The molecule has 0 aromatic heterocycles. The Hall–Kier alpha value is -0.350. The first kappa shape index (κ1) is 23.1. The molecule has 1 N–H and O–H groups in total. The summed E-state index contributed by atoms with van der Waals surface area (Å²) in [4.78, 5) is 2.66. The second kappa shape index (κ2) is 8.08. The van der Waals surface area contributed by atoms with E-state index < -0.39 is 0 Å². The molecule has 1 spiro atoms. The molecule has 3 nitrogen and oxygen atoms in total. The topological polar surface area (TPSA) is 32.7 Å². The van der Waals surface area contributed by atoms with Gasteiger partial charge in [0.1, 0.15) is 0 Å². The Balaban J connectivity index is 1.33. The van der Waals surface area contributed by atoms with E-state index >= 15 is 0 Å².